The second-order valence-corrected chi connectivity index (χ2v) is 7.60. The molecule has 2 aromatic carbocycles. The molecule has 0 radical (unpaired) electrons. The van der Waals surface area contributed by atoms with Crippen LogP contribution in [0, 0.1) is 6.92 Å². The molecule has 8 heteroatoms. The van der Waals surface area contributed by atoms with E-state index in [4.69, 9.17) is 4.74 Å². The topological polar surface area (TPSA) is 86.9 Å². The molecule has 0 saturated carbocycles. The molecule has 1 aliphatic rings. The Kier molecular flexibility index (Phi) is 4.74. The van der Waals surface area contributed by atoms with Gasteiger partial charge in [-0.25, -0.2) is 9.67 Å². The average molecular weight is 414 g/mol. The largest absolute Gasteiger partial charge is 0.495 e. The van der Waals surface area contributed by atoms with E-state index >= 15 is 0 Å². The number of benzene rings is 2. The third kappa shape index (κ3) is 3.56. The molecule has 1 N–H and O–H groups in total. The number of nitrogens with zero attached hydrogens (tertiary/aromatic N) is 5. The normalized spacial score (nSPS) is 15.8. The van der Waals surface area contributed by atoms with Gasteiger partial charge in [-0.2, -0.15) is 0 Å². The second-order valence-electron chi connectivity index (χ2n) is 7.60. The van der Waals surface area contributed by atoms with Crippen LogP contribution < -0.4 is 10.1 Å². The third-order valence-corrected chi connectivity index (χ3v) is 5.58. The van der Waals surface area contributed by atoms with Crippen molar-refractivity contribution < 1.29 is 9.53 Å². The van der Waals surface area contributed by atoms with Crippen LogP contribution in [0.2, 0.25) is 0 Å². The van der Waals surface area contributed by atoms with Crippen molar-refractivity contribution in [2.75, 3.05) is 7.11 Å². The highest BCUT2D eigenvalue weighted by molar-refractivity contribution is 5.81. The van der Waals surface area contributed by atoms with Crippen LogP contribution in [-0.4, -0.2) is 37.6 Å². The van der Waals surface area contributed by atoms with Crippen molar-refractivity contribution in [2.24, 2.45) is 0 Å². The molecule has 1 atom stereocenters. The van der Waals surface area contributed by atoms with E-state index in [1.54, 1.807) is 18.1 Å². The van der Waals surface area contributed by atoms with E-state index in [0.29, 0.717) is 24.4 Å². The lowest BCUT2D eigenvalue weighted by Gasteiger charge is -2.13. The number of aromatic nitrogens is 5. The Hall–Kier alpha value is -3.94. The van der Waals surface area contributed by atoms with Crippen molar-refractivity contribution in [3.05, 3.63) is 78.0 Å². The number of rotatable bonds is 4. The molecule has 0 spiro atoms. The Bertz CT molecular complexity index is 1260. The van der Waals surface area contributed by atoms with Gasteiger partial charge in [-0.3, -0.25) is 4.79 Å². The number of aryl methyl sites for hydroxylation is 1. The van der Waals surface area contributed by atoms with Gasteiger partial charge in [0, 0.05) is 24.7 Å². The maximum absolute atomic E-state index is 12.7. The third-order valence-electron chi connectivity index (χ3n) is 5.58. The Labute approximate surface area is 179 Å². The number of carbonyl (C=O) groups is 1. The van der Waals surface area contributed by atoms with Gasteiger partial charge >= 0.3 is 0 Å². The first kappa shape index (κ1) is 19.0. The predicted molar refractivity (Wildman–Crippen MR) is 115 cm³/mol. The molecule has 0 bridgehead atoms. The summed E-state index contributed by atoms with van der Waals surface area (Å²) in [6.07, 6.45) is 6.09. The smallest absolute Gasteiger partial charge is 0.245 e. The number of hydrogen-bond donors (Lipinski definition) is 1. The molecule has 3 heterocycles. The van der Waals surface area contributed by atoms with Crippen molar-refractivity contribution in [3.63, 3.8) is 0 Å². The van der Waals surface area contributed by atoms with Crippen molar-refractivity contribution in [1.29, 1.82) is 0 Å². The molecule has 4 aromatic rings. The highest BCUT2D eigenvalue weighted by Crippen LogP contribution is 2.30. The van der Waals surface area contributed by atoms with Crippen LogP contribution in [0.1, 0.15) is 22.9 Å². The Morgan fingerprint density at radius 2 is 1.97 bits per heavy atom. The zero-order valence-corrected chi connectivity index (χ0v) is 17.3. The fourth-order valence-corrected chi connectivity index (χ4v) is 3.91. The quantitative estimate of drug-likeness (QED) is 0.555. The number of carbonyl (C=O) groups excluding carboxylic acids is 1. The monoisotopic (exact) mass is 414 g/mol. The molecule has 0 aliphatic carbocycles. The van der Waals surface area contributed by atoms with Crippen LogP contribution in [-0.2, 0) is 17.8 Å². The van der Waals surface area contributed by atoms with Crippen molar-refractivity contribution in [1.82, 2.24) is 29.9 Å². The molecule has 1 amide bonds. The average Bonchev–Trinajstić information content (AvgIpc) is 3.41. The number of ether oxygens (including phenoxy) is 1. The molecule has 156 valence electrons. The Morgan fingerprint density at radius 1 is 1.13 bits per heavy atom. The summed E-state index contributed by atoms with van der Waals surface area (Å²) in [4.78, 5) is 17.0. The van der Waals surface area contributed by atoms with Crippen LogP contribution in [0.5, 0.6) is 5.75 Å². The zero-order valence-electron chi connectivity index (χ0n) is 17.3. The summed E-state index contributed by atoms with van der Waals surface area (Å²) in [5, 5.41) is 11.6. The lowest BCUT2D eigenvalue weighted by Crippen LogP contribution is -2.31. The number of methoxy groups -OCH3 is 1. The maximum atomic E-state index is 12.7. The van der Waals surface area contributed by atoms with Crippen LogP contribution in [0.4, 0.5) is 0 Å². The fourth-order valence-electron chi connectivity index (χ4n) is 3.91. The van der Waals surface area contributed by atoms with Gasteiger partial charge in [0.1, 0.15) is 17.5 Å². The molecule has 31 heavy (non-hydrogen) atoms. The van der Waals surface area contributed by atoms with E-state index in [9.17, 15) is 4.79 Å². The molecular formula is C23H22N6O2. The first-order valence-electron chi connectivity index (χ1n) is 10.1. The molecule has 0 fully saturated rings. The summed E-state index contributed by atoms with van der Waals surface area (Å²) in [6, 6.07) is 13.5. The molecule has 0 saturated heterocycles. The van der Waals surface area contributed by atoms with E-state index < -0.39 is 6.04 Å². The zero-order chi connectivity index (χ0) is 21.4. The van der Waals surface area contributed by atoms with Crippen LogP contribution in [0.25, 0.3) is 16.9 Å². The molecule has 1 unspecified atom stereocenters. The van der Waals surface area contributed by atoms with Crippen LogP contribution in [0.3, 0.4) is 0 Å². The lowest BCUT2D eigenvalue weighted by atomic mass is 10.0. The Morgan fingerprint density at radius 3 is 2.74 bits per heavy atom. The van der Waals surface area contributed by atoms with E-state index in [-0.39, 0.29) is 5.91 Å². The van der Waals surface area contributed by atoms with Crippen molar-refractivity contribution in [2.45, 2.75) is 25.9 Å². The van der Waals surface area contributed by atoms with Crippen molar-refractivity contribution >= 4 is 5.91 Å². The van der Waals surface area contributed by atoms with Gasteiger partial charge in [-0.15, -0.1) is 5.10 Å². The highest BCUT2D eigenvalue weighted by Gasteiger charge is 2.26. The summed E-state index contributed by atoms with van der Waals surface area (Å²) >= 11 is 0. The van der Waals surface area contributed by atoms with Crippen molar-refractivity contribution in [3.8, 4) is 22.7 Å². The van der Waals surface area contributed by atoms with Gasteiger partial charge in [-0.05, 0) is 30.2 Å². The summed E-state index contributed by atoms with van der Waals surface area (Å²) in [7, 11) is 1.64. The molecule has 5 rings (SSSR count). The summed E-state index contributed by atoms with van der Waals surface area (Å²) in [5.74, 6) is 0.640. The van der Waals surface area contributed by atoms with Gasteiger partial charge in [-0.1, -0.05) is 35.5 Å². The standard InChI is InChI=1S/C23H22N6O2/c1-15-12-28(14-25-15)20-8-7-17(10-22(20)31-2)19-13-29(27-26-19)21-9-16-5-3-4-6-18(16)11-24-23(21)30/h3-8,10,12-14,21H,9,11H2,1-2H3,(H,24,30). The van der Waals surface area contributed by atoms with Gasteiger partial charge in [0.05, 0.1) is 31.0 Å². The first-order chi connectivity index (χ1) is 15.1. The molecular weight excluding hydrogens is 392 g/mol. The second kappa shape index (κ2) is 7.71. The SMILES string of the molecule is COc1cc(-c2cn(C3Cc4ccccc4CNC3=O)nn2)ccc1-n1cnc(C)c1. The minimum Gasteiger partial charge on any atom is -0.495 e. The van der Waals surface area contributed by atoms with Gasteiger partial charge in [0.2, 0.25) is 5.91 Å². The number of nitrogens with one attached hydrogen (secondary N) is 1. The van der Waals surface area contributed by atoms with Gasteiger partial charge in [0.25, 0.3) is 0 Å². The maximum Gasteiger partial charge on any atom is 0.245 e. The number of hydrogen-bond acceptors (Lipinski definition) is 5. The van der Waals surface area contributed by atoms with Gasteiger partial charge < -0.3 is 14.6 Å². The lowest BCUT2D eigenvalue weighted by molar-refractivity contribution is -0.124. The first-order valence-corrected chi connectivity index (χ1v) is 10.1. The number of fused-ring (bicyclic) bond motifs is 1. The number of imidazole rings is 1. The van der Waals surface area contributed by atoms with Gasteiger partial charge in [0.15, 0.2) is 0 Å². The minimum atomic E-state index is -0.444. The molecule has 8 nitrogen and oxygen atoms in total. The summed E-state index contributed by atoms with van der Waals surface area (Å²) in [5.41, 5.74) is 5.63. The minimum absolute atomic E-state index is 0.0592. The summed E-state index contributed by atoms with van der Waals surface area (Å²) < 4.78 is 9.16. The predicted octanol–water partition coefficient (Wildman–Crippen LogP) is 2.86. The molecule has 1 aliphatic heterocycles. The molecule has 2 aromatic heterocycles. The highest BCUT2D eigenvalue weighted by atomic mass is 16.5. The fraction of sp³-hybridized carbons (Fsp3) is 0.217. The summed E-state index contributed by atoms with van der Waals surface area (Å²) in [6.45, 7) is 2.47. The Balaban J connectivity index is 1.46. The number of amides is 1. The van der Waals surface area contributed by atoms with E-state index in [0.717, 1.165) is 28.1 Å². The van der Waals surface area contributed by atoms with E-state index in [1.807, 2.05) is 60.3 Å². The van der Waals surface area contributed by atoms with Crippen LogP contribution in [0.15, 0.2) is 61.2 Å². The van der Waals surface area contributed by atoms with Crippen LogP contribution >= 0.6 is 0 Å². The van der Waals surface area contributed by atoms with E-state index in [2.05, 4.69) is 26.7 Å². The van der Waals surface area contributed by atoms with E-state index in [1.165, 1.54) is 0 Å².